The summed E-state index contributed by atoms with van der Waals surface area (Å²) in [6.07, 6.45) is 0. The topological polar surface area (TPSA) is 41.1 Å². The summed E-state index contributed by atoms with van der Waals surface area (Å²) in [4.78, 5) is 12.2. The van der Waals surface area contributed by atoms with Crippen LogP contribution >= 0.6 is 0 Å². The minimum Gasteiger partial charge on any atom is -0.325 e. The third-order valence-electron chi connectivity index (χ3n) is 3.31. The number of hydrogen-bond acceptors (Lipinski definition) is 2. The van der Waals surface area contributed by atoms with Crippen molar-refractivity contribution in [2.24, 2.45) is 5.41 Å². The van der Waals surface area contributed by atoms with Gasteiger partial charge in [-0.25, -0.2) is 0 Å². The highest BCUT2D eigenvalue weighted by atomic mass is 16.2. The van der Waals surface area contributed by atoms with Crippen molar-refractivity contribution in [2.75, 3.05) is 12.4 Å². The zero-order chi connectivity index (χ0) is 14.8. The largest absolute Gasteiger partial charge is 0.325 e. The van der Waals surface area contributed by atoms with Gasteiger partial charge in [0.1, 0.15) is 0 Å². The maximum atomic E-state index is 12.2. The van der Waals surface area contributed by atoms with E-state index in [1.165, 1.54) is 10.9 Å². The van der Waals surface area contributed by atoms with Crippen molar-refractivity contribution >= 4 is 22.4 Å². The molecule has 0 aliphatic carbocycles. The first-order valence-corrected chi connectivity index (χ1v) is 6.90. The Morgan fingerprint density at radius 3 is 2.30 bits per heavy atom. The summed E-state index contributed by atoms with van der Waals surface area (Å²) in [5, 5.41) is 8.46. The van der Waals surface area contributed by atoms with E-state index in [0.29, 0.717) is 0 Å². The average Bonchev–Trinajstić information content (AvgIpc) is 2.40. The molecule has 1 amide bonds. The van der Waals surface area contributed by atoms with E-state index in [-0.39, 0.29) is 5.91 Å². The Labute approximate surface area is 120 Å². The Morgan fingerprint density at radius 2 is 1.70 bits per heavy atom. The van der Waals surface area contributed by atoms with Gasteiger partial charge in [-0.05, 0) is 24.1 Å². The van der Waals surface area contributed by atoms with Crippen molar-refractivity contribution in [3.05, 3.63) is 42.0 Å². The van der Waals surface area contributed by atoms with Crippen molar-refractivity contribution < 1.29 is 4.79 Å². The van der Waals surface area contributed by atoms with Gasteiger partial charge in [0.15, 0.2) is 0 Å². The summed E-state index contributed by atoms with van der Waals surface area (Å²) in [6, 6.07) is 12.2. The molecule has 0 saturated heterocycles. The highest BCUT2D eigenvalue weighted by Gasteiger charge is 2.21. The number of hydrogen-bond donors (Lipinski definition) is 2. The van der Waals surface area contributed by atoms with Crippen molar-refractivity contribution in [1.29, 1.82) is 0 Å². The van der Waals surface area contributed by atoms with E-state index in [0.717, 1.165) is 17.6 Å². The molecule has 0 fully saturated rings. The second-order valence-corrected chi connectivity index (χ2v) is 6.05. The minimum atomic E-state index is -0.398. The monoisotopic (exact) mass is 270 g/mol. The fourth-order valence-corrected chi connectivity index (χ4v) is 2.12. The fraction of sp³-hybridized carbons (Fsp3) is 0.353. The summed E-state index contributed by atoms with van der Waals surface area (Å²) in [5.74, 6) is 0.0315. The molecule has 0 saturated carbocycles. The zero-order valence-corrected chi connectivity index (χ0v) is 12.6. The lowest BCUT2D eigenvalue weighted by atomic mass is 9.95. The van der Waals surface area contributed by atoms with Gasteiger partial charge in [-0.2, -0.15) is 0 Å². The molecule has 2 aromatic carbocycles. The molecule has 2 N–H and O–H groups in total. The molecule has 0 aromatic heterocycles. The van der Waals surface area contributed by atoms with Crippen LogP contribution in [0.15, 0.2) is 36.4 Å². The van der Waals surface area contributed by atoms with Gasteiger partial charge in [0.2, 0.25) is 5.91 Å². The first-order valence-electron chi connectivity index (χ1n) is 6.90. The van der Waals surface area contributed by atoms with Gasteiger partial charge in [-0.3, -0.25) is 4.79 Å². The highest BCUT2D eigenvalue weighted by molar-refractivity contribution is 6.04. The van der Waals surface area contributed by atoms with Crippen LogP contribution in [0.3, 0.4) is 0 Å². The van der Waals surface area contributed by atoms with Gasteiger partial charge in [0.25, 0.3) is 0 Å². The number of amides is 1. The second kappa shape index (κ2) is 5.63. The maximum absolute atomic E-state index is 12.2. The van der Waals surface area contributed by atoms with Crippen LogP contribution in [0.25, 0.3) is 10.8 Å². The Balaban J connectivity index is 2.46. The van der Waals surface area contributed by atoms with Gasteiger partial charge >= 0.3 is 0 Å². The predicted molar refractivity (Wildman–Crippen MR) is 84.8 cm³/mol. The minimum absolute atomic E-state index is 0.0315. The van der Waals surface area contributed by atoms with Crippen molar-refractivity contribution in [3.63, 3.8) is 0 Å². The fourth-order valence-electron chi connectivity index (χ4n) is 2.12. The van der Waals surface area contributed by atoms with Crippen molar-refractivity contribution in [2.45, 2.75) is 27.3 Å². The third-order valence-corrected chi connectivity index (χ3v) is 3.31. The van der Waals surface area contributed by atoms with Crippen LogP contribution in [0.5, 0.6) is 0 Å². The van der Waals surface area contributed by atoms with Gasteiger partial charge in [-0.15, -0.1) is 0 Å². The Kier molecular flexibility index (Phi) is 4.09. The predicted octanol–water partition coefficient (Wildman–Crippen LogP) is 3.54. The SMILES string of the molecule is CNCc1ccc(NC(=O)C(C)(C)C)c2ccccc12. The van der Waals surface area contributed by atoms with E-state index >= 15 is 0 Å². The zero-order valence-electron chi connectivity index (χ0n) is 12.6. The number of carbonyl (C=O) groups is 1. The first kappa shape index (κ1) is 14.5. The molecule has 0 aliphatic heterocycles. The molecule has 0 spiro atoms. The summed E-state index contributed by atoms with van der Waals surface area (Å²) in [6.45, 7) is 6.56. The second-order valence-electron chi connectivity index (χ2n) is 6.05. The van der Waals surface area contributed by atoms with E-state index < -0.39 is 5.41 Å². The van der Waals surface area contributed by atoms with Crippen LogP contribution < -0.4 is 10.6 Å². The summed E-state index contributed by atoms with van der Waals surface area (Å²) < 4.78 is 0. The molecule has 3 nitrogen and oxygen atoms in total. The number of benzene rings is 2. The molecule has 0 atom stereocenters. The molecule has 2 rings (SSSR count). The number of anilines is 1. The van der Waals surface area contributed by atoms with Gasteiger partial charge in [0, 0.05) is 23.0 Å². The lowest BCUT2D eigenvalue weighted by Crippen LogP contribution is -2.27. The maximum Gasteiger partial charge on any atom is 0.229 e. The van der Waals surface area contributed by atoms with Crippen LogP contribution in [0.1, 0.15) is 26.3 Å². The molecule has 0 radical (unpaired) electrons. The number of fused-ring (bicyclic) bond motifs is 1. The van der Waals surface area contributed by atoms with Crippen LogP contribution in [0.2, 0.25) is 0 Å². The normalized spacial score (nSPS) is 11.6. The molecule has 0 aliphatic rings. The van der Waals surface area contributed by atoms with Crippen molar-refractivity contribution in [1.82, 2.24) is 5.32 Å². The number of carbonyl (C=O) groups excluding carboxylic acids is 1. The Hall–Kier alpha value is -1.87. The summed E-state index contributed by atoms with van der Waals surface area (Å²) in [5.41, 5.74) is 1.71. The van der Waals surface area contributed by atoms with Crippen LogP contribution in [0.4, 0.5) is 5.69 Å². The Morgan fingerprint density at radius 1 is 1.05 bits per heavy atom. The molecule has 0 unspecified atom stereocenters. The highest BCUT2D eigenvalue weighted by Crippen LogP contribution is 2.28. The molecular weight excluding hydrogens is 248 g/mol. The first-order chi connectivity index (χ1) is 9.43. The molecule has 20 heavy (non-hydrogen) atoms. The molecule has 0 bridgehead atoms. The third kappa shape index (κ3) is 2.99. The van der Waals surface area contributed by atoms with Crippen molar-refractivity contribution in [3.8, 4) is 0 Å². The molecule has 3 heteroatoms. The molecule has 0 heterocycles. The van der Waals surface area contributed by atoms with Gasteiger partial charge < -0.3 is 10.6 Å². The molecule has 2 aromatic rings. The quantitative estimate of drug-likeness (QED) is 0.895. The van der Waals surface area contributed by atoms with E-state index in [4.69, 9.17) is 0 Å². The number of rotatable bonds is 3. The van der Waals surface area contributed by atoms with Gasteiger partial charge in [0.05, 0.1) is 0 Å². The molecule has 106 valence electrons. The van der Waals surface area contributed by atoms with E-state index in [1.54, 1.807) is 0 Å². The number of nitrogens with one attached hydrogen (secondary N) is 2. The van der Waals surface area contributed by atoms with Crippen LogP contribution in [-0.2, 0) is 11.3 Å². The standard InChI is InChI=1S/C17H22N2O/c1-17(2,3)16(20)19-15-10-9-12(11-18-4)13-7-5-6-8-14(13)15/h5-10,18H,11H2,1-4H3,(H,19,20). The summed E-state index contributed by atoms with van der Waals surface area (Å²) >= 11 is 0. The van der Waals surface area contributed by atoms with E-state index in [1.807, 2.05) is 52.1 Å². The smallest absolute Gasteiger partial charge is 0.229 e. The Bertz CT molecular complexity index is 626. The lowest BCUT2D eigenvalue weighted by Gasteiger charge is -2.19. The lowest BCUT2D eigenvalue weighted by molar-refractivity contribution is -0.123. The van der Waals surface area contributed by atoms with E-state index in [9.17, 15) is 4.79 Å². The van der Waals surface area contributed by atoms with Crippen LogP contribution in [0, 0.1) is 5.41 Å². The van der Waals surface area contributed by atoms with E-state index in [2.05, 4.69) is 22.8 Å². The average molecular weight is 270 g/mol. The van der Waals surface area contributed by atoms with Crippen LogP contribution in [-0.4, -0.2) is 13.0 Å². The molecular formula is C17H22N2O. The summed E-state index contributed by atoms with van der Waals surface area (Å²) in [7, 11) is 1.93. The van der Waals surface area contributed by atoms with Gasteiger partial charge in [-0.1, -0.05) is 51.1 Å².